The molecule has 120 valence electrons. The number of hydrogen-bond donors (Lipinski definition) is 0. The lowest BCUT2D eigenvalue weighted by molar-refractivity contribution is -0.122. The molecule has 0 saturated heterocycles. The van der Waals surface area contributed by atoms with E-state index in [2.05, 4.69) is 19.9 Å². The number of ketones is 2. The molecule has 23 heavy (non-hydrogen) atoms. The lowest BCUT2D eigenvalue weighted by atomic mass is 9.64. The maximum absolute atomic E-state index is 12.0. The molecule has 0 saturated carbocycles. The first-order valence-corrected chi connectivity index (χ1v) is 7.81. The Morgan fingerprint density at radius 1 is 1.09 bits per heavy atom. The van der Waals surface area contributed by atoms with Gasteiger partial charge in [-0.2, -0.15) is 0 Å². The van der Waals surface area contributed by atoms with Gasteiger partial charge in [-0.15, -0.1) is 5.47 Å². The summed E-state index contributed by atoms with van der Waals surface area (Å²) in [7, 11) is 11.9. The molecule has 1 aliphatic rings. The Labute approximate surface area is 143 Å². The Kier molecular flexibility index (Phi) is 8.89. The SMILES string of the molecule is CC=C(C)C.[B]C1=C(C(C)=O)C(=O)[C@H](C)C([B])=C1CC=C(C)C. The minimum atomic E-state index is -0.475. The Bertz CT molecular complexity index is 597. The Morgan fingerprint density at radius 2 is 1.57 bits per heavy atom. The maximum Gasteiger partial charge on any atom is 0.171 e. The molecule has 0 aromatic heterocycles. The van der Waals surface area contributed by atoms with E-state index >= 15 is 0 Å². The number of hydrogen-bond acceptors (Lipinski definition) is 2. The molecule has 0 aromatic rings. The van der Waals surface area contributed by atoms with Gasteiger partial charge in [0.2, 0.25) is 0 Å². The van der Waals surface area contributed by atoms with Crippen LogP contribution in [0.3, 0.4) is 0 Å². The fourth-order valence-electron chi connectivity index (χ4n) is 1.96. The van der Waals surface area contributed by atoms with Crippen LogP contribution >= 0.6 is 0 Å². The molecule has 0 aliphatic heterocycles. The molecule has 4 heteroatoms. The predicted octanol–water partition coefficient (Wildman–Crippen LogP) is 3.97. The summed E-state index contributed by atoms with van der Waals surface area (Å²) in [5.74, 6) is -1.05. The lowest BCUT2D eigenvalue weighted by Gasteiger charge is -2.26. The summed E-state index contributed by atoms with van der Waals surface area (Å²) >= 11 is 0. The van der Waals surface area contributed by atoms with Gasteiger partial charge < -0.3 is 0 Å². The zero-order valence-electron chi connectivity index (χ0n) is 15.4. The molecule has 0 spiro atoms. The summed E-state index contributed by atoms with van der Waals surface area (Å²) in [6.45, 7) is 13.2. The zero-order valence-corrected chi connectivity index (χ0v) is 15.4. The predicted molar refractivity (Wildman–Crippen MR) is 99.6 cm³/mol. The fourth-order valence-corrected chi connectivity index (χ4v) is 1.96. The normalized spacial score (nSPS) is 17.3. The molecule has 1 rings (SSSR count). The van der Waals surface area contributed by atoms with Crippen molar-refractivity contribution in [3.8, 4) is 0 Å². The van der Waals surface area contributed by atoms with Gasteiger partial charge in [0.15, 0.2) is 11.6 Å². The summed E-state index contributed by atoms with van der Waals surface area (Å²) in [6.07, 6.45) is 4.61. The minimum Gasteiger partial charge on any atom is -0.294 e. The van der Waals surface area contributed by atoms with Crippen molar-refractivity contribution in [1.82, 2.24) is 0 Å². The molecular weight excluding hydrogens is 282 g/mol. The van der Waals surface area contributed by atoms with Crippen molar-refractivity contribution in [1.29, 1.82) is 0 Å². The lowest BCUT2D eigenvalue weighted by Crippen LogP contribution is -2.27. The zero-order chi connectivity index (χ0) is 18.3. The standard InChI is InChI=1S/C14H16B2O2.C5H10/c1-7(2)5-6-10-12(15)8(3)14(18)11(9(4)17)13(10)16;1-4-5(2)3/h5,8H,6H2,1-4H3;4H,1-3H3/t8-;/m1./s1. The van der Waals surface area contributed by atoms with Crippen molar-refractivity contribution in [3.63, 3.8) is 0 Å². The molecular formula is C19H26B2O2. The Morgan fingerprint density at radius 3 is 1.91 bits per heavy atom. The van der Waals surface area contributed by atoms with Crippen LogP contribution in [0.1, 0.15) is 54.9 Å². The van der Waals surface area contributed by atoms with Crippen LogP contribution in [0, 0.1) is 5.92 Å². The second kappa shape index (κ2) is 9.54. The van der Waals surface area contributed by atoms with Crippen LogP contribution in [0.4, 0.5) is 0 Å². The first-order chi connectivity index (χ1) is 10.5. The van der Waals surface area contributed by atoms with Crippen LogP contribution in [0.15, 0.2) is 45.4 Å². The maximum atomic E-state index is 12.0. The van der Waals surface area contributed by atoms with Crippen molar-refractivity contribution in [2.45, 2.75) is 54.9 Å². The number of allylic oxidation sites excluding steroid dienone is 8. The molecule has 1 aliphatic carbocycles. The highest BCUT2D eigenvalue weighted by Gasteiger charge is 2.30. The second-order valence-electron chi connectivity index (χ2n) is 6.22. The molecule has 0 N–H and O–H groups in total. The molecule has 0 aromatic carbocycles. The smallest absolute Gasteiger partial charge is 0.171 e. The highest BCUT2D eigenvalue weighted by Crippen LogP contribution is 2.31. The number of Topliss-reactive ketones (excluding diaryl/α,β-unsaturated/α-hetero) is 2. The summed E-state index contributed by atoms with van der Waals surface area (Å²) in [5, 5.41) is 0. The second-order valence-corrected chi connectivity index (χ2v) is 6.22. The summed E-state index contributed by atoms with van der Waals surface area (Å²) in [4.78, 5) is 23.5. The van der Waals surface area contributed by atoms with Gasteiger partial charge in [-0.3, -0.25) is 9.59 Å². The van der Waals surface area contributed by atoms with Crippen LogP contribution < -0.4 is 0 Å². The van der Waals surface area contributed by atoms with Gasteiger partial charge in [-0.1, -0.05) is 41.3 Å². The molecule has 1 atom stereocenters. The molecule has 0 amide bonds. The van der Waals surface area contributed by atoms with Gasteiger partial charge in [-0.05, 0) is 48.0 Å². The highest BCUT2D eigenvalue weighted by molar-refractivity contribution is 6.39. The first kappa shape index (κ1) is 21.4. The molecule has 4 radical (unpaired) electrons. The number of carbonyl (C=O) groups is 2. The summed E-state index contributed by atoms with van der Waals surface area (Å²) in [6, 6.07) is 0. The van der Waals surface area contributed by atoms with E-state index in [0.717, 1.165) is 5.57 Å². The minimum absolute atomic E-state index is 0.0915. The quantitative estimate of drug-likeness (QED) is 0.449. The Hall–Kier alpha value is -1.57. The van der Waals surface area contributed by atoms with Gasteiger partial charge in [0.05, 0.1) is 5.57 Å². The molecule has 0 fully saturated rings. The van der Waals surface area contributed by atoms with Crippen molar-refractivity contribution >= 4 is 27.3 Å². The third kappa shape index (κ3) is 6.21. The third-order valence-electron chi connectivity index (χ3n) is 3.69. The number of rotatable bonds is 3. The number of carbonyl (C=O) groups excluding carboxylic acids is 2. The van der Waals surface area contributed by atoms with E-state index in [-0.39, 0.29) is 22.6 Å². The van der Waals surface area contributed by atoms with Gasteiger partial charge >= 0.3 is 0 Å². The summed E-state index contributed by atoms with van der Waals surface area (Å²) < 4.78 is 0. The van der Waals surface area contributed by atoms with Crippen molar-refractivity contribution in [2.75, 3.05) is 0 Å². The fraction of sp³-hybridized carbons (Fsp3) is 0.474. The summed E-state index contributed by atoms with van der Waals surface area (Å²) in [5.41, 5.74) is 4.02. The molecule has 0 bridgehead atoms. The van der Waals surface area contributed by atoms with Gasteiger partial charge in [0, 0.05) is 5.92 Å². The van der Waals surface area contributed by atoms with Crippen LogP contribution in [0.2, 0.25) is 0 Å². The van der Waals surface area contributed by atoms with E-state index in [0.29, 0.717) is 17.5 Å². The molecule has 0 unspecified atom stereocenters. The van der Waals surface area contributed by atoms with E-state index in [1.165, 1.54) is 12.5 Å². The topological polar surface area (TPSA) is 34.1 Å². The van der Waals surface area contributed by atoms with Crippen molar-refractivity contribution in [3.05, 3.63) is 45.4 Å². The van der Waals surface area contributed by atoms with E-state index in [4.69, 9.17) is 15.7 Å². The average Bonchev–Trinajstić information content (AvgIpc) is 2.45. The average molecular weight is 308 g/mol. The van der Waals surface area contributed by atoms with Gasteiger partial charge in [0.1, 0.15) is 15.7 Å². The third-order valence-corrected chi connectivity index (χ3v) is 3.69. The van der Waals surface area contributed by atoms with Crippen molar-refractivity contribution in [2.24, 2.45) is 5.92 Å². The van der Waals surface area contributed by atoms with E-state index < -0.39 is 5.92 Å². The van der Waals surface area contributed by atoms with Crippen LogP contribution in [0.25, 0.3) is 0 Å². The monoisotopic (exact) mass is 308 g/mol. The largest absolute Gasteiger partial charge is 0.294 e. The molecule has 0 heterocycles. The van der Waals surface area contributed by atoms with Crippen LogP contribution in [-0.2, 0) is 9.59 Å². The van der Waals surface area contributed by atoms with E-state index in [1.54, 1.807) is 6.92 Å². The van der Waals surface area contributed by atoms with Crippen molar-refractivity contribution < 1.29 is 9.59 Å². The van der Waals surface area contributed by atoms with E-state index in [9.17, 15) is 9.59 Å². The molecule has 2 nitrogen and oxygen atoms in total. The first-order valence-electron chi connectivity index (χ1n) is 7.81. The van der Waals surface area contributed by atoms with Crippen LogP contribution in [0.5, 0.6) is 0 Å². The van der Waals surface area contributed by atoms with Crippen LogP contribution in [-0.4, -0.2) is 27.3 Å². The van der Waals surface area contributed by atoms with Gasteiger partial charge in [-0.25, -0.2) is 0 Å². The Balaban J connectivity index is 0.000000841. The van der Waals surface area contributed by atoms with Gasteiger partial charge in [0.25, 0.3) is 0 Å². The highest BCUT2D eigenvalue weighted by atomic mass is 16.1. The van der Waals surface area contributed by atoms with E-state index in [1.807, 2.05) is 26.8 Å².